The van der Waals surface area contributed by atoms with E-state index in [4.69, 9.17) is 11.6 Å². The van der Waals surface area contributed by atoms with Gasteiger partial charge < -0.3 is 16.0 Å². The molecular weight excluding hydrogens is 592 g/mol. The predicted molar refractivity (Wildman–Crippen MR) is 176 cm³/mol. The Hall–Kier alpha value is -5.18. The van der Waals surface area contributed by atoms with Gasteiger partial charge in [-0.1, -0.05) is 90.5 Å². The maximum atomic E-state index is 13.3. The number of nitrogens with zero attached hydrogens (tertiary/aromatic N) is 1. The average Bonchev–Trinajstić information content (AvgIpc) is 3.06. The first-order chi connectivity index (χ1) is 21.4. The monoisotopic (exact) mass is 618 g/mol. The molecule has 1 aromatic heterocycles. The molecule has 1 heterocycles. The van der Waals surface area contributed by atoms with E-state index in [1.54, 1.807) is 54.6 Å². The minimum Gasteiger partial charge on any atom is -0.321 e. The Morgan fingerprint density at radius 3 is 2.00 bits per heavy atom. The predicted octanol–water partition coefficient (Wildman–Crippen LogP) is 7.62. The van der Waals surface area contributed by atoms with E-state index in [-0.39, 0.29) is 11.6 Å². The van der Waals surface area contributed by atoms with Gasteiger partial charge in [-0.15, -0.1) is 11.8 Å². The smallest absolute Gasteiger partial charge is 0.272 e. The van der Waals surface area contributed by atoms with E-state index in [1.165, 1.54) is 18.0 Å². The zero-order valence-corrected chi connectivity index (χ0v) is 24.9. The number of amides is 3. The topological polar surface area (TPSA) is 100 Å². The lowest BCUT2D eigenvalue weighted by atomic mass is 10.1. The van der Waals surface area contributed by atoms with Crippen LogP contribution in [0, 0.1) is 0 Å². The third-order valence-electron chi connectivity index (χ3n) is 6.32. The molecule has 9 heteroatoms. The Morgan fingerprint density at radius 1 is 0.727 bits per heavy atom. The van der Waals surface area contributed by atoms with Gasteiger partial charge in [0.1, 0.15) is 16.8 Å². The summed E-state index contributed by atoms with van der Waals surface area (Å²) in [5.74, 6) is -0.708. The van der Waals surface area contributed by atoms with Crippen LogP contribution in [0.1, 0.15) is 26.7 Å². The SMILES string of the molecule is O=C(Nc1ccc(SC(C(=O)Nc2ccc(Cl)cn2)c2ccccc2)cc1)/C(=C/c1ccccc1)NC(=O)c1ccccc1. The fraction of sp³-hybridized carbons (Fsp3) is 0.0286. The zero-order valence-electron chi connectivity index (χ0n) is 23.3. The third kappa shape index (κ3) is 8.44. The number of pyridine rings is 1. The Balaban J connectivity index is 1.31. The van der Waals surface area contributed by atoms with Crippen molar-refractivity contribution in [3.63, 3.8) is 0 Å². The minimum absolute atomic E-state index is 0.0973. The number of thioether (sulfide) groups is 1. The maximum absolute atomic E-state index is 13.3. The normalized spacial score (nSPS) is 11.7. The number of carbonyl (C=O) groups excluding carboxylic acids is 3. The molecule has 3 N–H and O–H groups in total. The van der Waals surface area contributed by atoms with Crippen LogP contribution in [0.25, 0.3) is 6.08 Å². The Bertz CT molecular complexity index is 1750. The summed E-state index contributed by atoms with van der Waals surface area (Å²) in [6.07, 6.45) is 3.10. The number of hydrogen-bond acceptors (Lipinski definition) is 5. The van der Waals surface area contributed by atoms with Gasteiger partial charge in [-0.25, -0.2) is 4.98 Å². The summed E-state index contributed by atoms with van der Waals surface area (Å²) in [5, 5.41) is 8.37. The van der Waals surface area contributed by atoms with E-state index in [0.29, 0.717) is 22.1 Å². The highest BCUT2D eigenvalue weighted by atomic mass is 35.5. The maximum Gasteiger partial charge on any atom is 0.272 e. The quantitative estimate of drug-likeness (QED) is 0.110. The van der Waals surface area contributed by atoms with Gasteiger partial charge in [0.25, 0.3) is 11.8 Å². The summed E-state index contributed by atoms with van der Waals surface area (Å²) >= 11 is 7.30. The van der Waals surface area contributed by atoms with Crippen molar-refractivity contribution in [3.8, 4) is 0 Å². The van der Waals surface area contributed by atoms with Crippen LogP contribution in [0.3, 0.4) is 0 Å². The van der Waals surface area contributed by atoms with Gasteiger partial charge in [-0.05, 0) is 65.7 Å². The van der Waals surface area contributed by atoms with Gasteiger partial charge >= 0.3 is 0 Å². The van der Waals surface area contributed by atoms with E-state index in [0.717, 1.165) is 16.0 Å². The van der Waals surface area contributed by atoms with Crippen molar-refractivity contribution in [3.05, 3.63) is 161 Å². The van der Waals surface area contributed by atoms with E-state index in [9.17, 15) is 14.4 Å². The standard InChI is InChI=1S/C35H27ClN4O3S/c36-27-16-21-31(37-23-27)40-35(43)32(25-12-6-2-7-13-25)44-29-19-17-28(18-20-29)38-34(42)30(22-24-10-4-1-5-11-24)39-33(41)26-14-8-3-9-15-26/h1-23,32H,(H,38,42)(H,39,41)(H,37,40,43)/b30-22-. The molecule has 0 aliphatic heterocycles. The van der Waals surface area contributed by atoms with Crippen molar-refractivity contribution < 1.29 is 14.4 Å². The molecule has 0 bridgehead atoms. The Kier molecular flexibility index (Phi) is 10.2. The Labute approximate surface area is 264 Å². The number of benzene rings is 4. The first-order valence-corrected chi connectivity index (χ1v) is 14.9. The molecule has 218 valence electrons. The minimum atomic E-state index is -0.567. The van der Waals surface area contributed by atoms with Gasteiger partial charge in [-0.2, -0.15) is 0 Å². The van der Waals surface area contributed by atoms with Gasteiger partial charge in [0, 0.05) is 22.3 Å². The summed E-state index contributed by atoms with van der Waals surface area (Å²) in [5.41, 5.74) is 2.64. The molecule has 0 fully saturated rings. The average molecular weight is 619 g/mol. The van der Waals surface area contributed by atoms with Crippen LogP contribution in [-0.4, -0.2) is 22.7 Å². The van der Waals surface area contributed by atoms with Crippen LogP contribution < -0.4 is 16.0 Å². The fourth-order valence-corrected chi connectivity index (χ4v) is 5.29. The lowest BCUT2D eigenvalue weighted by molar-refractivity contribution is -0.116. The van der Waals surface area contributed by atoms with Crippen LogP contribution in [0.2, 0.25) is 5.02 Å². The molecule has 0 aliphatic rings. The summed E-state index contributed by atoms with van der Waals surface area (Å²) in [6.45, 7) is 0. The van der Waals surface area contributed by atoms with Crippen molar-refractivity contribution in [2.24, 2.45) is 0 Å². The van der Waals surface area contributed by atoms with E-state index < -0.39 is 17.1 Å². The molecule has 44 heavy (non-hydrogen) atoms. The molecule has 0 saturated heterocycles. The van der Waals surface area contributed by atoms with E-state index >= 15 is 0 Å². The zero-order chi connectivity index (χ0) is 30.7. The van der Waals surface area contributed by atoms with Crippen molar-refractivity contribution in [2.45, 2.75) is 10.1 Å². The molecule has 1 unspecified atom stereocenters. The number of aromatic nitrogens is 1. The number of anilines is 2. The molecule has 4 aromatic carbocycles. The number of nitrogens with one attached hydrogen (secondary N) is 3. The van der Waals surface area contributed by atoms with E-state index in [2.05, 4.69) is 20.9 Å². The summed E-state index contributed by atoms with van der Waals surface area (Å²) in [7, 11) is 0. The van der Waals surface area contributed by atoms with Crippen molar-refractivity contribution in [2.75, 3.05) is 10.6 Å². The Morgan fingerprint density at radius 2 is 1.36 bits per heavy atom. The molecule has 5 aromatic rings. The molecule has 3 amide bonds. The van der Waals surface area contributed by atoms with Crippen molar-refractivity contribution in [1.29, 1.82) is 0 Å². The fourth-order valence-electron chi connectivity index (χ4n) is 4.15. The van der Waals surface area contributed by atoms with Gasteiger partial charge in [0.15, 0.2) is 0 Å². The van der Waals surface area contributed by atoms with Gasteiger partial charge in [0.05, 0.1) is 5.02 Å². The lowest BCUT2D eigenvalue weighted by Gasteiger charge is -2.17. The molecule has 5 rings (SSSR count). The van der Waals surface area contributed by atoms with Crippen molar-refractivity contribution >= 4 is 58.7 Å². The number of hydrogen-bond donors (Lipinski definition) is 3. The largest absolute Gasteiger partial charge is 0.321 e. The van der Waals surface area contributed by atoms with Gasteiger partial charge in [0.2, 0.25) is 5.91 Å². The molecule has 0 radical (unpaired) electrons. The molecule has 0 aliphatic carbocycles. The third-order valence-corrected chi connectivity index (χ3v) is 7.81. The van der Waals surface area contributed by atoms with Gasteiger partial charge in [-0.3, -0.25) is 14.4 Å². The lowest BCUT2D eigenvalue weighted by Crippen LogP contribution is -2.30. The van der Waals surface area contributed by atoms with Crippen molar-refractivity contribution in [1.82, 2.24) is 10.3 Å². The second-order valence-corrected chi connectivity index (χ2v) is 11.1. The molecule has 0 saturated carbocycles. The first-order valence-electron chi connectivity index (χ1n) is 13.6. The summed E-state index contributed by atoms with van der Waals surface area (Å²) in [4.78, 5) is 44.5. The second kappa shape index (κ2) is 14.8. The van der Waals surface area contributed by atoms with E-state index in [1.807, 2.05) is 78.9 Å². The molecular formula is C35H27ClN4O3S. The van der Waals surface area contributed by atoms with Crippen LogP contribution in [0.5, 0.6) is 0 Å². The van der Waals surface area contributed by atoms with Crippen LogP contribution >= 0.6 is 23.4 Å². The summed E-state index contributed by atoms with van der Waals surface area (Å²) < 4.78 is 0. The number of halogens is 1. The summed E-state index contributed by atoms with van der Waals surface area (Å²) in [6, 6.07) is 37.9. The highest BCUT2D eigenvalue weighted by Gasteiger charge is 2.23. The van der Waals surface area contributed by atoms with Crippen LogP contribution in [0.15, 0.2) is 144 Å². The number of rotatable bonds is 10. The second-order valence-electron chi connectivity index (χ2n) is 9.53. The molecule has 1 atom stereocenters. The highest BCUT2D eigenvalue weighted by molar-refractivity contribution is 8.00. The van der Waals surface area contributed by atoms with Crippen LogP contribution in [0.4, 0.5) is 11.5 Å². The molecule has 7 nitrogen and oxygen atoms in total. The molecule has 0 spiro atoms. The first kappa shape index (κ1) is 30.3. The van der Waals surface area contributed by atoms with Crippen LogP contribution in [-0.2, 0) is 9.59 Å². The highest BCUT2D eigenvalue weighted by Crippen LogP contribution is 2.36. The number of carbonyl (C=O) groups is 3.